The van der Waals surface area contributed by atoms with E-state index in [1.807, 2.05) is 6.07 Å². The van der Waals surface area contributed by atoms with Gasteiger partial charge in [0.05, 0.1) is 9.89 Å². The second-order valence-electron chi connectivity index (χ2n) is 3.93. The molecule has 1 fully saturated rings. The molecule has 0 aromatic carbocycles. The first-order valence-corrected chi connectivity index (χ1v) is 6.86. The van der Waals surface area contributed by atoms with Crippen LogP contribution in [-0.2, 0) is 11.2 Å². The lowest BCUT2D eigenvalue weighted by atomic mass is 9.92. The molecule has 2 heterocycles. The Bertz CT molecular complexity index is 307. The van der Waals surface area contributed by atoms with Crippen molar-refractivity contribution in [2.45, 2.75) is 25.4 Å². The van der Waals surface area contributed by atoms with Crippen LogP contribution in [0.2, 0.25) is 0 Å². The third kappa shape index (κ3) is 3.28. The van der Waals surface area contributed by atoms with Gasteiger partial charge in [0.15, 0.2) is 0 Å². The summed E-state index contributed by atoms with van der Waals surface area (Å²) in [6.45, 7) is 1.60. The van der Waals surface area contributed by atoms with Crippen LogP contribution in [0, 0.1) is 5.92 Å². The number of aliphatic hydroxyl groups excluding tert-OH is 1. The standard InChI is InChI=1S/C11H15BrO2S/c12-11-2-1-9(15-11)7-10(13)8-3-5-14-6-4-8/h1-2,8,10,13H,3-7H2. The van der Waals surface area contributed by atoms with Crippen molar-refractivity contribution in [3.05, 3.63) is 20.8 Å². The molecule has 1 N–H and O–H groups in total. The lowest BCUT2D eigenvalue weighted by molar-refractivity contribution is 0.00868. The molecule has 0 spiro atoms. The van der Waals surface area contributed by atoms with Crippen LogP contribution in [0.15, 0.2) is 15.9 Å². The zero-order chi connectivity index (χ0) is 10.7. The number of rotatable bonds is 3. The molecule has 15 heavy (non-hydrogen) atoms. The highest BCUT2D eigenvalue weighted by Crippen LogP contribution is 2.26. The van der Waals surface area contributed by atoms with Crippen LogP contribution in [0.4, 0.5) is 0 Å². The SMILES string of the molecule is OC(Cc1ccc(Br)s1)C1CCOCC1. The number of ether oxygens (including phenoxy) is 1. The van der Waals surface area contributed by atoms with Crippen molar-refractivity contribution in [1.82, 2.24) is 0 Å². The van der Waals surface area contributed by atoms with Gasteiger partial charge in [-0.25, -0.2) is 0 Å². The van der Waals surface area contributed by atoms with E-state index in [2.05, 4.69) is 22.0 Å². The van der Waals surface area contributed by atoms with Gasteiger partial charge in [-0.1, -0.05) is 0 Å². The van der Waals surface area contributed by atoms with E-state index < -0.39 is 0 Å². The molecule has 2 nitrogen and oxygen atoms in total. The summed E-state index contributed by atoms with van der Waals surface area (Å²) in [4.78, 5) is 1.25. The molecule has 1 aliphatic rings. The molecular formula is C11H15BrO2S. The molecule has 1 atom stereocenters. The van der Waals surface area contributed by atoms with Gasteiger partial charge in [0, 0.05) is 24.5 Å². The molecule has 1 aromatic heterocycles. The minimum atomic E-state index is -0.209. The van der Waals surface area contributed by atoms with Crippen molar-refractivity contribution < 1.29 is 9.84 Å². The largest absolute Gasteiger partial charge is 0.392 e. The van der Waals surface area contributed by atoms with Crippen molar-refractivity contribution in [3.8, 4) is 0 Å². The number of halogens is 1. The third-order valence-electron chi connectivity index (χ3n) is 2.85. The Kier molecular flexibility index (Phi) is 4.20. The maximum atomic E-state index is 10.1. The van der Waals surface area contributed by atoms with Gasteiger partial charge in [0.1, 0.15) is 0 Å². The molecule has 4 heteroatoms. The van der Waals surface area contributed by atoms with Gasteiger partial charge in [0.2, 0.25) is 0 Å². The van der Waals surface area contributed by atoms with E-state index in [1.54, 1.807) is 11.3 Å². The van der Waals surface area contributed by atoms with Crippen molar-refractivity contribution in [2.24, 2.45) is 5.92 Å². The van der Waals surface area contributed by atoms with E-state index in [4.69, 9.17) is 4.74 Å². The fraction of sp³-hybridized carbons (Fsp3) is 0.636. The van der Waals surface area contributed by atoms with Crippen LogP contribution in [0.1, 0.15) is 17.7 Å². The molecular weight excluding hydrogens is 276 g/mol. The maximum Gasteiger partial charge on any atom is 0.0701 e. The summed E-state index contributed by atoms with van der Waals surface area (Å²) in [5, 5.41) is 10.1. The van der Waals surface area contributed by atoms with Crippen LogP contribution in [0.25, 0.3) is 0 Å². The zero-order valence-corrected chi connectivity index (χ0v) is 10.9. The molecule has 0 radical (unpaired) electrons. The summed E-state index contributed by atoms with van der Waals surface area (Å²) in [6.07, 6.45) is 2.56. The van der Waals surface area contributed by atoms with Crippen LogP contribution in [0.3, 0.4) is 0 Å². The normalized spacial score (nSPS) is 20.4. The van der Waals surface area contributed by atoms with Crippen LogP contribution >= 0.6 is 27.3 Å². The molecule has 1 aliphatic heterocycles. The van der Waals surface area contributed by atoms with Crippen molar-refractivity contribution in [1.29, 1.82) is 0 Å². The first-order valence-electron chi connectivity index (χ1n) is 5.26. The minimum Gasteiger partial charge on any atom is -0.392 e. The fourth-order valence-corrected chi connectivity index (χ4v) is 3.47. The number of thiophene rings is 1. The summed E-state index contributed by atoms with van der Waals surface area (Å²) >= 11 is 5.14. The Balaban J connectivity index is 1.88. The molecule has 0 amide bonds. The number of hydrogen-bond donors (Lipinski definition) is 1. The van der Waals surface area contributed by atoms with Crippen LogP contribution in [-0.4, -0.2) is 24.4 Å². The third-order valence-corrected chi connectivity index (χ3v) is 4.50. The fourth-order valence-electron chi connectivity index (χ4n) is 1.93. The topological polar surface area (TPSA) is 29.5 Å². The highest BCUT2D eigenvalue weighted by atomic mass is 79.9. The van der Waals surface area contributed by atoms with Gasteiger partial charge in [-0.05, 0) is 46.8 Å². The molecule has 1 aromatic rings. The second kappa shape index (κ2) is 5.43. The lowest BCUT2D eigenvalue weighted by Crippen LogP contribution is -2.28. The lowest BCUT2D eigenvalue weighted by Gasteiger charge is -2.26. The first-order chi connectivity index (χ1) is 7.25. The highest BCUT2D eigenvalue weighted by molar-refractivity contribution is 9.11. The average molecular weight is 291 g/mol. The molecule has 1 saturated heterocycles. The van der Waals surface area contributed by atoms with Crippen LogP contribution < -0.4 is 0 Å². The van der Waals surface area contributed by atoms with E-state index in [9.17, 15) is 5.11 Å². The van der Waals surface area contributed by atoms with Gasteiger partial charge in [-0.2, -0.15) is 0 Å². The molecule has 1 unspecified atom stereocenters. The number of hydrogen-bond acceptors (Lipinski definition) is 3. The number of aliphatic hydroxyl groups is 1. The van der Waals surface area contributed by atoms with E-state index in [-0.39, 0.29) is 6.10 Å². The van der Waals surface area contributed by atoms with Crippen molar-refractivity contribution >= 4 is 27.3 Å². The Morgan fingerprint density at radius 3 is 2.80 bits per heavy atom. The average Bonchev–Trinajstić information content (AvgIpc) is 2.65. The highest BCUT2D eigenvalue weighted by Gasteiger charge is 2.22. The molecule has 2 rings (SSSR count). The van der Waals surface area contributed by atoms with Crippen molar-refractivity contribution in [3.63, 3.8) is 0 Å². The van der Waals surface area contributed by atoms with Gasteiger partial charge >= 0.3 is 0 Å². The molecule has 0 saturated carbocycles. The smallest absolute Gasteiger partial charge is 0.0701 e. The summed E-state index contributed by atoms with van der Waals surface area (Å²) < 4.78 is 6.42. The Labute approximate surface area is 102 Å². The first kappa shape index (κ1) is 11.6. The molecule has 0 aliphatic carbocycles. The predicted octanol–water partition coefficient (Wildman–Crippen LogP) is 2.84. The molecule has 84 valence electrons. The molecule has 0 bridgehead atoms. The quantitative estimate of drug-likeness (QED) is 0.928. The van der Waals surface area contributed by atoms with Crippen molar-refractivity contribution in [2.75, 3.05) is 13.2 Å². The maximum absolute atomic E-state index is 10.1. The van der Waals surface area contributed by atoms with Gasteiger partial charge in [-0.15, -0.1) is 11.3 Å². The van der Waals surface area contributed by atoms with Crippen LogP contribution in [0.5, 0.6) is 0 Å². The van der Waals surface area contributed by atoms with E-state index in [0.717, 1.165) is 36.3 Å². The van der Waals surface area contributed by atoms with Gasteiger partial charge in [-0.3, -0.25) is 0 Å². The summed E-state index contributed by atoms with van der Waals surface area (Å²) in [7, 11) is 0. The Morgan fingerprint density at radius 2 is 2.20 bits per heavy atom. The minimum absolute atomic E-state index is 0.209. The summed E-state index contributed by atoms with van der Waals surface area (Å²) in [5.41, 5.74) is 0. The Morgan fingerprint density at radius 1 is 1.47 bits per heavy atom. The Hall–Kier alpha value is 0.1000. The van der Waals surface area contributed by atoms with E-state index in [1.165, 1.54) is 4.88 Å². The monoisotopic (exact) mass is 290 g/mol. The van der Waals surface area contributed by atoms with E-state index >= 15 is 0 Å². The van der Waals surface area contributed by atoms with Gasteiger partial charge < -0.3 is 9.84 Å². The van der Waals surface area contributed by atoms with E-state index in [0.29, 0.717) is 5.92 Å². The summed E-state index contributed by atoms with van der Waals surface area (Å²) in [6, 6.07) is 4.12. The zero-order valence-electron chi connectivity index (χ0n) is 8.49. The summed E-state index contributed by atoms with van der Waals surface area (Å²) in [5.74, 6) is 0.416. The van der Waals surface area contributed by atoms with Gasteiger partial charge in [0.25, 0.3) is 0 Å². The predicted molar refractivity (Wildman–Crippen MR) is 65.3 cm³/mol. The second-order valence-corrected chi connectivity index (χ2v) is 6.47.